The Hall–Kier alpha value is -1.02. The number of aliphatic hydroxyl groups excluding tert-OH is 1. The first kappa shape index (κ1) is 15.0. The highest BCUT2D eigenvalue weighted by atomic mass is 16.3. The van der Waals surface area contributed by atoms with E-state index in [1.165, 1.54) is 0 Å². The van der Waals surface area contributed by atoms with Crippen LogP contribution in [0.2, 0.25) is 0 Å². The lowest BCUT2D eigenvalue weighted by Gasteiger charge is -2.24. The molecule has 0 saturated heterocycles. The van der Waals surface area contributed by atoms with Gasteiger partial charge in [0.05, 0.1) is 0 Å². The Labute approximate surface area is 111 Å². The summed E-state index contributed by atoms with van der Waals surface area (Å²) in [6.07, 6.45) is 0.742. The average Bonchev–Trinajstić information content (AvgIpc) is 2.23. The van der Waals surface area contributed by atoms with Gasteiger partial charge in [0.25, 0.3) is 0 Å². The molecule has 0 aliphatic heterocycles. The van der Waals surface area contributed by atoms with E-state index in [0.29, 0.717) is 17.6 Å². The molecule has 0 aliphatic carbocycles. The van der Waals surface area contributed by atoms with Gasteiger partial charge >= 0.3 is 0 Å². The smallest absolute Gasteiger partial charge is 0.119 e. The maximum atomic E-state index is 10.2. The molecule has 0 spiro atoms. The summed E-state index contributed by atoms with van der Waals surface area (Å²) in [6.45, 7) is 10.8. The van der Waals surface area contributed by atoms with Crippen LogP contribution >= 0.6 is 0 Å². The molecular formula is C16H26O2. The molecule has 18 heavy (non-hydrogen) atoms. The average molecular weight is 250 g/mol. The van der Waals surface area contributed by atoms with Crippen molar-refractivity contribution in [3.8, 4) is 5.75 Å². The fourth-order valence-corrected chi connectivity index (χ4v) is 2.44. The fraction of sp³-hybridized carbons (Fsp3) is 0.625. The molecule has 2 N–H and O–H groups in total. The maximum Gasteiger partial charge on any atom is 0.119 e. The Morgan fingerprint density at radius 2 is 1.78 bits per heavy atom. The van der Waals surface area contributed by atoms with E-state index in [1.54, 1.807) is 0 Å². The van der Waals surface area contributed by atoms with Crippen molar-refractivity contribution in [1.82, 2.24) is 0 Å². The van der Waals surface area contributed by atoms with Crippen molar-refractivity contribution in [2.75, 3.05) is 6.61 Å². The van der Waals surface area contributed by atoms with Crippen LogP contribution in [0.25, 0.3) is 0 Å². The van der Waals surface area contributed by atoms with Gasteiger partial charge in [-0.25, -0.2) is 0 Å². The van der Waals surface area contributed by atoms with Crippen LogP contribution in [0.1, 0.15) is 58.1 Å². The molecular weight excluding hydrogens is 224 g/mol. The Kier molecular flexibility index (Phi) is 4.80. The third-order valence-electron chi connectivity index (χ3n) is 3.50. The molecule has 1 rings (SSSR count). The van der Waals surface area contributed by atoms with E-state index in [1.807, 2.05) is 12.1 Å². The molecule has 0 aliphatic rings. The predicted octanol–water partition coefficient (Wildman–Crippen LogP) is 3.81. The van der Waals surface area contributed by atoms with E-state index in [-0.39, 0.29) is 12.0 Å². The van der Waals surface area contributed by atoms with Crippen molar-refractivity contribution in [3.63, 3.8) is 0 Å². The van der Waals surface area contributed by atoms with Crippen LogP contribution in [-0.2, 0) is 5.41 Å². The monoisotopic (exact) mass is 250 g/mol. The number of aromatic hydroxyl groups is 1. The summed E-state index contributed by atoms with van der Waals surface area (Å²) in [6, 6.07) is 5.96. The molecule has 1 aromatic carbocycles. The molecule has 102 valence electrons. The van der Waals surface area contributed by atoms with E-state index in [9.17, 15) is 5.11 Å². The first-order valence-electron chi connectivity index (χ1n) is 6.71. The number of phenols is 1. The summed E-state index contributed by atoms with van der Waals surface area (Å²) in [7, 11) is 0. The molecule has 0 bridgehead atoms. The van der Waals surface area contributed by atoms with E-state index in [4.69, 9.17) is 5.11 Å². The zero-order valence-corrected chi connectivity index (χ0v) is 12.2. The van der Waals surface area contributed by atoms with Gasteiger partial charge in [0.2, 0.25) is 0 Å². The lowest BCUT2D eigenvalue weighted by molar-refractivity contribution is 0.261. The molecule has 2 heteroatoms. The minimum Gasteiger partial charge on any atom is -0.508 e. The third-order valence-corrected chi connectivity index (χ3v) is 3.50. The molecule has 0 aromatic heterocycles. The van der Waals surface area contributed by atoms with Gasteiger partial charge < -0.3 is 10.2 Å². The van der Waals surface area contributed by atoms with Gasteiger partial charge in [-0.15, -0.1) is 0 Å². The largest absolute Gasteiger partial charge is 0.508 e. The Balaban J connectivity index is 3.09. The fourth-order valence-electron chi connectivity index (χ4n) is 2.44. The zero-order valence-electron chi connectivity index (χ0n) is 12.2. The van der Waals surface area contributed by atoms with Gasteiger partial charge in [0.1, 0.15) is 5.75 Å². The SMILES string of the molecule is CC(C)C(CCO)c1ccc(C(C)(C)C)c(O)c1. The Bertz CT molecular complexity index is 389. The summed E-state index contributed by atoms with van der Waals surface area (Å²) >= 11 is 0. The van der Waals surface area contributed by atoms with Crippen LogP contribution in [0.15, 0.2) is 18.2 Å². The normalized spacial score (nSPS) is 13.9. The zero-order chi connectivity index (χ0) is 13.9. The van der Waals surface area contributed by atoms with Gasteiger partial charge in [-0.1, -0.05) is 46.8 Å². The second-order valence-electron chi connectivity index (χ2n) is 6.39. The predicted molar refractivity (Wildman–Crippen MR) is 76.1 cm³/mol. The lowest BCUT2D eigenvalue weighted by atomic mass is 9.82. The van der Waals surface area contributed by atoms with Crippen molar-refractivity contribution < 1.29 is 10.2 Å². The summed E-state index contributed by atoms with van der Waals surface area (Å²) in [5, 5.41) is 19.3. The van der Waals surface area contributed by atoms with Gasteiger partial charge in [-0.05, 0) is 40.9 Å². The van der Waals surface area contributed by atoms with E-state index >= 15 is 0 Å². The molecule has 1 atom stereocenters. The molecule has 1 unspecified atom stereocenters. The van der Waals surface area contributed by atoms with Crippen molar-refractivity contribution >= 4 is 0 Å². The van der Waals surface area contributed by atoms with Gasteiger partial charge in [0, 0.05) is 6.61 Å². The van der Waals surface area contributed by atoms with Crippen molar-refractivity contribution in [2.24, 2.45) is 5.92 Å². The molecule has 2 nitrogen and oxygen atoms in total. The van der Waals surface area contributed by atoms with Crippen molar-refractivity contribution in [1.29, 1.82) is 0 Å². The van der Waals surface area contributed by atoms with E-state index in [2.05, 4.69) is 40.7 Å². The van der Waals surface area contributed by atoms with Gasteiger partial charge in [0.15, 0.2) is 0 Å². The summed E-state index contributed by atoms with van der Waals surface area (Å²) in [5.41, 5.74) is 2.04. The number of hydrogen-bond acceptors (Lipinski definition) is 2. The second kappa shape index (κ2) is 5.75. The number of aliphatic hydroxyl groups is 1. The van der Waals surface area contributed by atoms with Crippen LogP contribution < -0.4 is 0 Å². The van der Waals surface area contributed by atoms with Crippen LogP contribution in [0.3, 0.4) is 0 Å². The maximum absolute atomic E-state index is 10.2. The van der Waals surface area contributed by atoms with Gasteiger partial charge in [-0.2, -0.15) is 0 Å². The molecule has 0 heterocycles. The molecule has 0 radical (unpaired) electrons. The van der Waals surface area contributed by atoms with Crippen LogP contribution in [0.4, 0.5) is 0 Å². The van der Waals surface area contributed by atoms with Crippen LogP contribution in [0.5, 0.6) is 5.75 Å². The minimum absolute atomic E-state index is 0.0487. The quantitative estimate of drug-likeness (QED) is 0.853. The first-order chi connectivity index (χ1) is 8.27. The highest BCUT2D eigenvalue weighted by Crippen LogP contribution is 2.35. The molecule has 0 amide bonds. The van der Waals surface area contributed by atoms with Crippen LogP contribution in [-0.4, -0.2) is 16.8 Å². The number of phenolic OH excluding ortho intramolecular Hbond substituents is 1. The van der Waals surface area contributed by atoms with Gasteiger partial charge in [-0.3, -0.25) is 0 Å². The van der Waals surface area contributed by atoms with Crippen molar-refractivity contribution in [2.45, 2.75) is 52.4 Å². The third kappa shape index (κ3) is 3.49. The second-order valence-corrected chi connectivity index (χ2v) is 6.39. The highest BCUT2D eigenvalue weighted by Gasteiger charge is 2.21. The highest BCUT2D eigenvalue weighted by molar-refractivity contribution is 5.41. The molecule has 0 fully saturated rings. The number of benzene rings is 1. The molecule has 0 saturated carbocycles. The number of rotatable bonds is 4. The standard InChI is InChI=1S/C16H26O2/c1-11(2)13(8-9-17)12-6-7-14(15(18)10-12)16(3,4)5/h6-7,10-11,13,17-18H,8-9H2,1-5H3. The van der Waals surface area contributed by atoms with E-state index < -0.39 is 0 Å². The summed E-state index contributed by atoms with van der Waals surface area (Å²) in [4.78, 5) is 0. The molecule has 1 aromatic rings. The minimum atomic E-state index is -0.0487. The first-order valence-corrected chi connectivity index (χ1v) is 6.71. The van der Waals surface area contributed by atoms with E-state index in [0.717, 1.165) is 17.5 Å². The Morgan fingerprint density at radius 3 is 2.17 bits per heavy atom. The number of hydrogen-bond donors (Lipinski definition) is 2. The van der Waals surface area contributed by atoms with Crippen molar-refractivity contribution in [3.05, 3.63) is 29.3 Å². The summed E-state index contributed by atoms with van der Waals surface area (Å²) in [5.74, 6) is 1.12. The summed E-state index contributed by atoms with van der Waals surface area (Å²) < 4.78 is 0. The van der Waals surface area contributed by atoms with Crippen LogP contribution in [0, 0.1) is 5.92 Å². The topological polar surface area (TPSA) is 40.5 Å². The Morgan fingerprint density at radius 1 is 1.17 bits per heavy atom. The lowest BCUT2D eigenvalue weighted by Crippen LogP contribution is -2.13.